The average Bonchev–Trinajstić information content (AvgIpc) is 3.14. The zero-order chi connectivity index (χ0) is 17.9. The topological polar surface area (TPSA) is 58.8 Å². The van der Waals surface area contributed by atoms with Gasteiger partial charge in [-0.05, 0) is 59.7 Å². The number of nitriles is 1. The van der Waals surface area contributed by atoms with Crippen LogP contribution in [0.15, 0.2) is 48.7 Å². The molecule has 26 heavy (non-hydrogen) atoms. The molecule has 0 saturated carbocycles. The number of rotatable bonds is 4. The molecule has 0 amide bonds. The highest BCUT2D eigenvalue weighted by atomic mass is 19.1. The molecule has 2 heterocycles. The summed E-state index contributed by atoms with van der Waals surface area (Å²) in [6.45, 7) is 0.325. The molecule has 2 aromatic heterocycles. The third-order valence-corrected chi connectivity index (χ3v) is 4.51. The summed E-state index contributed by atoms with van der Waals surface area (Å²) in [7, 11) is 0. The number of benzene rings is 1. The largest absolute Gasteiger partial charge is 0.473 e. The first-order valence-corrected chi connectivity index (χ1v) is 8.49. The molecule has 1 aromatic carbocycles. The third-order valence-electron chi connectivity index (χ3n) is 4.51. The predicted octanol–water partition coefficient (Wildman–Crippen LogP) is 4.22. The summed E-state index contributed by atoms with van der Waals surface area (Å²) in [6.07, 6.45) is 4.35. The zero-order valence-corrected chi connectivity index (χ0v) is 14.1. The fourth-order valence-corrected chi connectivity index (χ4v) is 3.31. The number of ether oxygens (including phenoxy) is 1. The van der Waals surface area contributed by atoms with Crippen LogP contribution < -0.4 is 4.74 Å². The highest BCUT2D eigenvalue weighted by Gasteiger charge is 2.20. The number of aryl methyl sites for hydroxylation is 1. The summed E-state index contributed by atoms with van der Waals surface area (Å²) < 4.78 is 19.4. The van der Waals surface area contributed by atoms with Gasteiger partial charge in [0.2, 0.25) is 11.8 Å². The Bertz CT molecular complexity index is 1010. The van der Waals surface area contributed by atoms with E-state index in [1.54, 1.807) is 18.2 Å². The summed E-state index contributed by atoms with van der Waals surface area (Å²) in [5, 5.41) is 9.00. The van der Waals surface area contributed by atoms with Crippen LogP contribution in [0, 0.1) is 17.3 Å². The number of fused-ring (bicyclic) bond motifs is 1. The van der Waals surface area contributed by atoms with Gasteiger partial charge in [0.1, 0.15) is 6.61 Å². The minimum atomic E-state index is -0.498. The van der Waals surface area contributed by atoms with Gasteiger partial charge in [-0.3, -0.25) is 0 Å². The Balaban J connectivity index is 1.65. The minimum Gasteiger partial charge on any atom is -0.473 e. The first kappa shape index (κ1) is 16.2. The van der Waals surface area contributed by atoms with Crippen LogP contribution in [0.3, 0.4) is 0 Å². The van der Waals surface area contributed by atoms with Crippen molar-refractivity contribution in [1.82, 2.24) is 9.97 Å². The summed E-state index contributed by atoms with van der Waals surface area (Å²) in [5.74, 6) is 0.0158. The van der Waals surface area contributed by atoms with Crippen molar-refractivity contribution in [1.29, 1.82) is 5.26 Å². The molecule has 1 aliphatic carbocycles. The molecule has 0 saturated heterocycles. The van der Waals surface area contributed by atoms with E-state index < -0.39 is 5.95 Å². The van der Waals surface area contributed by atoms with Crippen molar-refractivity contribution in [3.63, 3.8) is 0 Å². The fraction of sp³-hybridized carbons (Fsp3) is 0.190. The Kier molecular flexibility index (Phi) is 4.32. The van der Waals surface area contributed by atoms with Gasteiger partial charge in [0, 0.05) is 24.0 Å². The van der Waals surface area contributed by atoms with Gasteiger partial charge in [-0.15, -0.1) is 0 Å². The fourth-order valence-electron chi connectivity index (χ4n) is 3.31. The number of halogens is 1. The lowest BCUT2D eigenvalue weighted by Crippen LogP contribution is -2.01. The third kappa shape index (κ3) is 3.27. The van der Waals surface area contributed by atoms with E-state index in [0.29, 0.717) is 18.1 Å². The lowest BCUT2D eigenvalue weighted by Gasteiger charge is -2.12. The quantitative estimate of drug-likeness (QED) is 0.664. The number of hydrogen-bond acceptors (Lipinski definition) is 4. The van der Waals surface area contributed by atoms with E-state index in [9.17, 15) is 4.39 Å². The van der Waals surface area contributed by atoms with Crippen LogP contribution in [0.4, 0.5) is 4.39 Å². The van der Waals surface area contributed by atoms with Crippen molar-refractivity contribution in [2.24, 2.45) is 0 Å². The molecule has 1 aliphatic rings. The molecule has 0 spiro atoms. The second kappa shape index (κ2) is 6.93. The molecule has 0 bridgehead atoms. The molecule has 0 atom stereocenters. The van der Waals surface area contributed by atoms with E-state index in [1.165, 1.54) is 12.3 Å². The minimum absolute atomic E-state index is 0.325. The Labute approximate surface area is 150 Å². The van der Waals surface area contributed by atoms with E-state index in [1.807, 2.05) is 18.2 Å². The van der Waals surface area contributed by atoms with Crippen molar-refractivity contribution in [2.75, 3.05) is 0 Å². The Morgan fingerprint density at radius 3 is 2.92 bits per heavy atom. The second-order valence-electron chi connectivity index (χ2n) is 6.25. The first-order chi connectivity index (χ1) is 12.7. The average molecular weight is 345 g/mol. The van der Waals surface area contributed by atoms with Crippen molar-refractivity contribution >= 4 is 0 Å². The molecule has 0 aliphatic heterocycles. The van der Waals surface area contributed by atoms with E-state index in [-0.39, 0.29) is 0 Å². The molecule has 5 heteroatoms. The van der Waals surface area contributed by atoms with Crippen LogP contribution >= 0.6 is 0 Å². The summed E-state index contributed by atoms with van der Waals surface area (Å²) in [6, 6.07) is 14.5. The van der Waals surface area contributed by atoms with E-state index in [0.717, 1.165) is 47.2 Å². The maximum absolute atomic E-state index is 13.6. The highest BCUT2D eigenvalue weighted by molar-refractivity contribution is 5.69. The Hall–Kier alpha value is -3.26. The summed E-state index contributed by atoms with van der Waals surface area (Å²) in [5.41, 5.74) is 5.42. The van der Waals surface area contributed by atoms with Gasteiger partial charge in [-0.1, -0.05) is 12.1 Å². The first-order valence-electron chi connectivity index (χ1n) is 8.49. The van der Waals surface area contributed by atoms with Gasteiger partial charge in [0.05, 0.1) is 11.6 Å². The number of nitrogens with zero attached hydrogens (tertiary/aromatic N) is 3. The molecule has 0 radical (unpaired) electrons. The normalized spacial score (nSPS) is 12.5. The molecular weight excluding hydrogens is 329 g/mol. The van der Waals surface area contributed by atoms with Gasteiger partial charge in [-0.2, -0.15) is 9.65 Å². The van der Waals surface area contributed by atoms with Crippen LogP contribution in [-0.2, 0) is 19.4 Å². The molecule has 0 N–H and O–H groups in total. The smallest absolute Gasteiger partial charge is 0.214 e. The van der Waals surface area contributed by atoms with Crippen LogP contribution in [-0.4, -0.2) is 9.97 Å². The number of aromatic nitrogens is 2. The Morgan fingerprint density at radius 1 is 1.15 bits per heavy atom. The van der Waals surface area contributed by atoms with Gasteiger partial charge in [0.15, 0.2) is 0 Å². The molecule has 4 nitrogen and oxygen atoms in total. The van der Waals surface area contributed by atoms with Crippen molar-refractivity contribution < 1.29 is 9.13 Å². The number of pyridine rings is 2. The van der Waals surface area contributed by atoms with Crippen LogP contribution in [0.2, 0.25) is 0 Å². The molecule has 128 valence electrons. The second-order valence-corrected chi connectivity index (χ2v) is 6.25. The monoisotopic (exact) mass is 345 g/mol. The highest BCUT2D eigenvalue weighted by Crippen LogP contribution is 2.34. The van der Waals surface area contributed by atoms with E-state index >= 15 is 0 Å². The predicted molar refractivity (Wildman–Crippen MR) is 94.9 cm³/mol. The summed E-state index contributed by atoms with van der Waals surface area (Å²) in [4.78, 5) is 8.26. The van der Waals surface area contributed by atoms with Crippen molar-refractivity contribution in [3.05, 3.63) is 77.0 Å². The van der Waals surface area contributed by atoms with Gasteiger partial charge < -0.3 is 4.74 Å². The van der Waals surface area contributed by atoms with Gasteiger partial charge in [-0.25, -0.2) is 9.97 Å². The maximum atomic E-state index is 13.6. The molecule has 0 unspecified atom stereocenters. The molecule has 0 fully saturated rings. The molecular formula is C21H16FN3O. The maximum Gasteiger partial charge on any atom is 0.214 e. The lowest BCUT2D eigenvalue weighted by molar-refractivity contribution is 0.293. The van der Waals surface area contributed by atoms with Gasteiger partial charge >= 0.3 is 0 Å². The van der Waals surface area contributed by atoms with Crippen molar-refractivity contribution in [2.45, 2.75) is 25.9 Å². The lowest BCUT2D eigenvalue weighted by atomic mass is 10.0. The van der Waals surface area contributed by atoms with Crippen LogP contribution in [0.5, 0.6) is 5.88 Å². The van der Waals surface area contributed by atoms with Crippen LogP contribution in [0.1, 0.15) is 28.8 Å². The zero-order valence-electron chi connectivity index (χ0n) is 14.1. The van der Waals surface area contributed by atoms with Gasteiger partial charge in [0.25, 0.3) is 0 Å². The van der Waals surface area contributed by atoms with E-state index in [2.05, 4.69) is 16.0 Å². The van der Waals surface area contributed by atoms with E-state index in [4.69, 9.17) is 10.00 Å². The van der Waals surface area contributed by atoms with Crippen LogP contribution in [0.25, 0.3) is 11.1 Å². The molecule has 4 rings (SSSR count). The van der Waals surface area contributed by atoms with Crippen molar-refractivity contribution in [3.8, 4) is 23.1 Å². The number of hydrogen-bond donors (Lipinski definition) is 0. The SMILES string of the molecule is N#Cc1cccc(COc2cc(-c3ccnc(F)c3)c3c(n2)CCC3)c1. The Morgan fingerprint density at radius 2 is 2.08 bits per heavy atom. The summed E-state index contributed by atoms with van der Waals surface area (Å²) >= 11 is 0. The standard InChI is InChI=1S/C21H16FN3O/c22-20-10-16(7-8-24-20)18-11-21(25-19-6-2-5-17(18)19)26-13-15-4-1-3-14(9-15)12-23/h1,3-4,7-11H,2,5-6,13H2. The molecule has 3 aromatic rings.